The maximum Gasteiger partial charge on any atom is 0.0251 e. The van der Waals surface area contributed by atoms with Gasteiger partial charge in [-0.05, 0) is 19.1 Å². The second-order valence-corrected chi connectivity index (χ2v) is 6.22. The number of thioether (sulfide) groups is 2. The summed E-state index contributed by atoms with van der Waals surface area (Å²) in [6.07, 6.45) is 7.99. The minimum Gasteiger partial charge on any atom is -0.308 e. The van der Waals surface area contributed by atoms with Crippen LogP contribution in [0, 0.1) is 0 Å². The Bertz CT molecular complexity index is 159. The van der Waals surface area contributed by atoms with Crippen molar-refractivity contribution in [1.29, 1.82) is 0 Å². The molecule has 1 N–H and O–H groups in total. The molecule has 1 aliphatic carbocycles. The van der Waals surface area contributed by atoms with E-state index in [0.717, 1.165) is 17.3 Å². The van der Waals surface area contributed by atoms with Gasteiger partial charge in [0, 0.05) is 28.8 Å². The second-order valence-electron chi connectivity index (χ2n) is 4.07. The van der Waals surface area contributed by atoms with Crippen LogP contribution in [-0.4, -0.2) is 35.1 Å². The summed E-state index contributed by atoms with van der Waals surface area (Å²) < 4.78 is 0. The van der Waals surface area contributed by atoms with Crippen LogP contribution in [0.4, 0.5) is 0 Å². The van der Waals surface area contributed by atoms with Crippen molar-refractivity contribution in [3.05, 3.63) is 0 Å². The first kappa shape index (κ1) is 10.2. The molecule has 2 atom stereocenters. The van der Waals surface area contributed by atoms with Gasteiger partial charge in [0.1, 0.15) is 0 Å². The molecule has 0 radical (unpaired) electrons. The monoisotopic (exact) mass is 217 g/mol. The maximum absolute atomic E-state index is 3.81. The molecule has 0 aromatic heterocycles. The highest BCUT2D eigenvalue weighted by Crippen LogP contribution is 2.29. The molecule has 1 saturated carbocycles. The van der Waals surface area contributed by atoms with Crippen molar-refractivity contribution in [2.75, 3.05) is 17.8 Å². The van der Waals surface area contributed by atoms with Crippen LogP contribution in [0.5, 0.6) is 0 Å². The molecule has 2 aliphatic rings. The molecule has 0 unspecified atom stereocenters. The van der Waals surface area contributed by atoms with Gasteiger partial charge in [-0.25, -0.2) is 0 Å². The Kier molecular flexibility index (Phi) is 3.87. The molecule has 0 spiro atoms. The van der Waals surface area contributed by atoms with E-state index in [1.165, 1.54) is 37.2 Å². The smallest absolute Gasteiger partial charge is 0.0251 e. The lowest BCUT2D eigenvalue weighted by molar-refractivity contribution is 0.361. The number of hydrogen-bond acceptors (Lipinski definition) is 3. The van der Waals surface area contributed by atoms with Gasteiger partial charge in [0.2, 0.25) is 0 Å². The van der Waals surface area contributed by atoms with Crippen molar-refractivity contribution in [2.24, 2.45) is 0 Å². The van der Waals surface area contributed by atoms with Gasteiger partial charge < -0.3 is 5.32 Å². The Balaban J connectivity index is 1.79. The first-order valence-corrected chi connectivity index (χ1v) is 7.71. The number of rotatable bonds is 3. The van der Waals surface area contributed by atoms with E-state index >= 15 is 0 Å². The third-order valence-electron chi connectivity index (χ3n) is 3.09. The summed E-state index contributed by atoms with van der Waals surface area (Å²) in [5.41, 5.74) is 0. The molecule has 0 aromatic carbocycles. The Morgan fingerprint density at radius 3 is 2.62 bits per heavy atom. The molecule has 2 fully saturated rings. The quantitative estimate of drug-likeness (QED) is 0.779. The molecule has 13 heavy (non-hydrogen) atoms. The zero-order valence-electron chi connectivity index (χ0n) is 8.29. The van der Waals surface area contributed by atoms with Crippen LogP contribution in [0.25, 0.3) is 0 Å². The summed E-state index contributed by atoms with van der Waals surface area (Å²) in [4.78, 5) is 0. The highest BCUT2D eigenvalue weighted by Gasteiger charge is 2.28. The highest BCUT2D eigenvalue weighted by molar-refractivity contribution is 8.00. The summed E-state index contributed by atoms with van der Waals surface area (Å²) in [5, 5.41) is 4.70. The van der Waals surface area contributed by atoms with E-state index in [0.29, 0.717) is 0 Å². The van der Waals surface area contributed by atoms with Crippen molar-refractivity contribution in [2.45, 2.75) is 43.0 Å². The van der Waals surface area contributed by atoms with Crippen LogP contribution >= 0.6 is 23.5 Å². The molecule has 76 valence electrons. The van der Waals surface area contributed by atoms with Gasteiger partial charge in [0.15, 0.2) is 0 Å². The third kappa shape index (κ3) is 2.57. The van der Waals surface area contributed by atoms with Crippen LogP contribution in [0.15, 0.2) is 0 Å². The maximum atomic E-state index is 3.81. The first-order chi connectivity index (χ1) is 6.40. The van der Waals surface area contributed by atoms with Gasteiger partial charge in [0.25, 0.3) is 0 Å². The average molecular weight is 217 g/mol. The van der Waals surface area contributed by atoms with E-state index in [4.69, 9.17) is 0 Å². The zero-order valence-corrected chi connectivity index (χ0v) is 9.92. The molecule has 1 saturated heterocycles. The molecule has 1 heterocycles. The van der Waals surface area contributed by atoms with E-state index in [2.05, 4.69) is 35.1 Å². The fourth-order valence-corrected chi connectivity index (χ4v) is 3.81. The summed E-state index contributed by atoms with van der Waals surface area (Å²) >= 11 is 4.13. The van der Waals surface area contributed by atoms with Crippen molar-refractivity contribution in [3.63, 3.8) is 0 Å². The minimum atomic E-state index is 0.814. The van der Waals surface area contributed by atoms with Gasteiger partial charge in [-0.2, -0.15) is 23.5 Å². The summed E-state index contributed by atoms with van der Waals surface area (Å²) in [5.74, 6) is 2.69. The van der Waals surface area contributed by atoms with Crippen LogP contribution in [0.3, 0.4) is 0 Å². The Labute approximate surface area is 89.8 Å². The number of nitrogens with one attached hydrogen (secondary N) is 1. The SMILES string of the molecule is CS[C@H]1CCCC[C@@H]1NC1CSC1. The summed E-state index contributed by atoms with van der Waals surface area (Å²) in [6, 6.07) is 1.65. The lowest BCUT2D eigenvalue weighted by Gasteiger charge is -2.37. The molecule has 1 aliphatic heterocycles. The van der Waals surface area contributed by atoms with Gasteiger partial charge in [0.05, 0.1) is 0 Å². The van der Waals surface area contributed by atoms with Crippen molar-refractivity contribution in [1.82, 2.24) is 5.32 Å². The normalized spacial score (nSPS) is 35.8. The molecule has 1 nitrogen and oxygen atoms in total. The predicted octanol–water partition coefficient (Wildman–Crippen LogP) is 2.37. The molecule has 0 bridgehead atoms. The molecular formula is C10H19NS2. The predicted molar refractivity (Wildman–Crippen MR) is 63.8 cm³/mol. The summed E-state index contributed by atoms with van der Waals surface area (Å²) in [7, 11) is 0. The van der Waals surface area contributed by atoms with E-state index < -0.39 is 0 Å². The second kappa shape index (κ2) is 4.94. The Morgan fingerprint density at radius 2 is 2.00 bits per heavy atom. The fraction of sp³-hybridized carbons (Fsp3) is 1.00. The largest absolute Gasteiger partial charge is 0.308 e. The lowest BCUT2D eigenvalue weighted by atomic mass is 9.94. The van der Waals surface area contributed by atoms with Crippen LogP contribution < -0.4 is 5.32 Å². The van der Waals surface area contributed by atoms with E-state index in [9.17, 15) is 0 Å². The first-order valence-electron chi connectivity index (χ1n) is 5.26. The van der Waals surface area contributed by atoms with Gasteiger partial charge in [-0.15, -0.1) is 0 Å². The van der Waals surface area contributed by atoms with Crippen LogP contribution in [-0.2, 0) is 0 Å². The zero-order chi connectivity index (χ0) is 9.10. The van der Waals surface area contributed by atoms with Crippen molar-refractivity contribution in [3.8, 4) is 0 Å². The van der Waals surface area contributed by atoms with Crippen molar-refractivity contribution >= 4 is 23.5 Å². The fourth-order valence-electron chi connectivity index (χ4n) is 2.20. The molecule has 0 amide bonds. The van der Waals surface area contributed by atoms with Gasteiger partial charge in [-0.1, -0.05) is 12.8 Å². The van der Waals surface area contributed by atoms with Crippen LogP contribution in [0.2, 0.25) is 0 Å². The molecule has 3 heteroatoms. The molecular weight excluding hydrogens is 198 g/mol. The lowest BCUT2D eigenvalue weighted by Crippen LogP contribution is -2.51. The molecule has 0 aromatic rings. The standard InChI is InChI=1S/C10H19NS2/c1-12-10-5-3-2-4-9(10)11-8-6-13-7-8/h8-11H,2-7H2,1H3/t9-,10-/m0/s1. The van der Waals surface area contributed by atoms with E-state index in [1.807, 2.05) is 0 Å². The highest BCUT2D eigenvalue weighted by atomic mass is 32.2. The van der Waals surface area contributed by atoms with Gasteiger partial charge >= 0.3 is 0 Å². The third-order valence-corrected chi connectivity index (χ3v) is 5.54. The molecule has 2 rings (SSSR count). The minimum absolute atomic E-state index is 0.814. The Hall–Kier alpha value is 0.660. The van der Waals surface area contributed by atoms with Crippen molar-refractivity contribution < 1.29 is 0 Å². The van der Waals surface area contributed by atoms with E-state index in [-0.39, 0.29) is 0 Å². The topological polar surface area (TPSA) is 12.0 Å². The summed E-state index contributed by atoms with van der Waals surface area (Å²) in [6.45, 7) is 0. The van der Waals surface area contributed by atoms with Crippen LogP contribution in [0.1, 0.15) is 25.7 Å². The number of hydrogen-bond donors (Lipinski definition) is 1. The average Bonchev–Trinajstić information content (AvgIpc) is 2.12. The van der Waals surface area contributed by atoms with E-state index in [1.54, 1.807) is 0 Å². The Morgan fingerprint density at radius 1 is 1.23 bits per heavy atom. The van der Waals surface area contributed by atoms with Gasteiger partial charge in [-0.3, -0.25) is 0 Å².